The number of ether oxygens (including phenoxy) is 1. The van der Waals surface area contributed by atoms with Crippen LogP contribution in [0.25, 0.3) is 11.3 Å². The molecule has 0 radical (unpaired) electrons. The van der Waals surface area contributed by atoms with Crippen LogP contribution < -0.4 is 10.2 Å². The van der Waals surface area contributed by atoms with Gasteiger partial charge in [0.05, 0.1) is 30.1 Å². The quantitative estimate of drug-likeness (QED) is 0.560. The second-order valence-corrected chi connectivity index (χ2v) is 9.23. The molecular weight excluding hydrogens is 456 g/mol. The molecule has 1 fully saturated rings. The van der Waals surface area contributed by atoms with Crippen LogP contribution in [0.1, 0.15) is 30.7 Å². The molecule has 1 aliphatic rings. The summed E-state index contributed by atoms with van der Waals surface area (Å²) in [5, 5.41) is 2.86. The number of anilines is 2. The molecule has 1 N–H and O–H groups in total. The Morgan fingerprint density at radius 1 is 1.00 bits per heavy atom. The molecule has 0 aromatic carbocycles. The molecule has 3 aromatic rings. The predicted molar refractivity (Wildman–Crippen MR) is 139 cm³/mol. The van der Waals surface area contributed by atoms with Gasteiger partial charge in [0.15, 0.2) is 0 Å². The largest absolute Gasteiger partial charge is 0.447 e. The fourth-order valence-electron chi connectivity index (χ4n) is 4.17. The molecule has 1 aliphatic heterocycles. The van der Waals surface area contributed by atoms with E-state index in [0.29, 0.717) is 32.0 Å². The van der Waals surface area contributed by atoms with Crippen molar-refractivity contribution in [3.05, 3.63) is 65.7 Å². The van der Waals surface area contributed by atoms with Crippen molar-refractivity contribution in [2.45, 2.75) is 40.2 Å². The minimum absolute atomic E-state index is 0.126. The van der Waals surface area contributed by atoms with E-state index in [4.69, 9.17) is 4.74 Å². The lowest BCUT2D eigenvalue weighted by Gasteiger charge is -2.35. The minimum Gasteiger partial charge on any atom is -0.447 e. The third-order valence-corrected chi connectivity index (χ3v) is 5.92. The number of hydrogen-bond acceptors (Lipinski definition) is 7. The Kier molecular flexibility index (Phi) is 7.77. The van der Waals surface area contributed by atoms with Crippen LogP contribution in [0.5, 0.6) is 0 Å². The van der Waals surface area contributed by atoms with Crippen molar-refractivity contribution in [1.29, 1.82) is 0 Å². The van der Waals surface area contributed by atoms with E-state index in [0.717, 1.165) is 33.8 Å². The van der Waals surface area contributed by atoms with Crippen LogP contribution >= 0.6 is 0 Å². The first-order valence-electron chi connectivity index (χ1n) is 12.1. The number of carbonyl (C=O) groups excluding carboxylic acids is 2. The molecule has 0 atom stereocenters. The van der Waals surface area contributed by atoms with Crippen molar-refractivity contribution in [2.75, 3.05) is 36.4 Å². The predicted octanol–water partition coefficient (Wildman–Crippen LogP) is 4.00. The average Bonchev–Trinajstić information content (AvgIpc) is 2.84. The molecule has 9 nitrogen and oxygen atoms in total. The van der Waals surface area contributed by atoms with Gasteiger partial charge in [-0.3, -0.25) is 14.8 Å². The van der Waals surface area contributed by atoms with Gasteiger partial charge in [0.1, 0.15) is 5.82 Å². The highest BCUT2D eigenvalue weighted by atomic mass is 16.6. The molecule has 2 amide bonds. The molecule has 9 heteroatoms. The Labute approximate surface area is 211 Å². The van der Waals surface area contributed by atoms with Gasteiger partial charge in [-0.1, -0.05) is 6.07 Å². The van der Waals surface area contributed by atoms with Crippen molar-refractivity contribution < 1.29 is 14.3 Å². The number of carbonyl (C=O) groups is 2. The number of aryl methyl sites for hydroxylation is 2. The van der Waals surface area contributed by atoms with Crippen molar-refractivity contribution in [3.63, 3.8) is 0 Å². The van der Waals surface area contributed by atoms with Gasteiger partial charge in [0, 0.05) is 49.8 Å². The summed E-state index contributed by atoms with van der Waals surface area (Å²) in [5.41, 5.74) is 5.63. The van der Waals surface area contributed by atoms with E-state index in [1.807, 2.05) is 52.0 Å². The molecule has 0 saturated carbocycles. The number of amides is 2. The van der Waals surface area contributed by atoms with E-state index in [9.17, 15) is 9.59 Å². The van der Waals surface area contributed by atoms with Gasteiger partial charge in [0.25, 0.3) is 0 Å². The Balaban J connectivity index is 1.30. The summed E-state index contributed by atoms with van der Waals surface area (Å²) in [7, 11) is 0. The molecule has 4 rings (SSSR count). The summed E-state index contributed by atoms with van der Waals surface area (Å²) in [5.74, 6) is 0.345. The Hall–Kier alpha value is -4.01. The molecule has 0 bridgehead atoms. The standard InChI is InChI=1S/C27H32N6O3/c1-18(2)36-27(35)33-11-9-32(10-12-33)23-5-6-24(29-17-23)31-25(34)15-21-13-19(3)26(30-16-21)22-7-8-28-20(4)14-22/h5-8,13-14,16-18H,9-12,15H2,1-4H3,(H,29,31,34). The van der Waals surface area contributed by atoms with Crippen LogP contribution in [0.15, 0.2) is 48.9 Å². The van der Waals surface area contributed by atoms with Crippen LogP contribution in [0.2, 0.25) is 0 Å². The summed E-state index contributed by atoms with van der Waals surface area (Å²) < 4.78 is 5.27. The summed E-state index contributed by atoms with van der Waals surface area (Å²) in [6.07, 6.45) is 5.07. The van der Waals surface area contributed by atoms with E-state index >= 15 is 0 Å². The van der Waals surface area contributed by atoms with Crippen LogP contribution in [-0.2, 0) is 16.0 Å². The van der Waals surface area contributed by atoms with Crippen molar-refractivity contribution >= 4 is 23.5 Å². The minimum atomic E-state index is -0.270. The SMILES string of the molecule is Cc1cc(-c2ncc(CC(=O)Nc3ccc(N4CCN(C(=O)OC(C)C)CC4)cn3)cc2C)ccn1. The third-order valence-electron chi connectivity index (χ3n) is 5.92. The van der Waals surface area contributed by atoms with Gasteiger partial charge >= 0.3 is 6.09 Å². The monoisotopic (exact) mass is 488 g/mol. The van der Waals surface area contributed by atoms with Gasteiger partial charge < -0.3 is 19.9 Å². The number of aromatic nitrogens is 3. The van der Waals surface area contributed by atoms with Crippen LogP contribution in [0, 0.1) is 13.8 Å². The zero-order valence-electron chi connectivity index (χ0n) is 21.2. The highest BCUT2D eigenvalue weighted by Crippen LogP contribution is 2.22. The lowest BCUT2D eigenvalue weighted by atomic mass is 10.0. The van der Waals surface area contributed by atoms with E-state index in [-0.39, 0.29) is 24.5 Å². The second kappa shape index (κ2) is 11.2. The zero-order valence-corrected chi connectivity index (χ0v) is 21.2. The number of pyridine rings is 3. The Morgan fingerprint density at radius 2 is 1.78 bits per heavy atom. The molecule has 1 saturated heterocycles. The third kappa shape index (κ3) is 6.35. The lowest BCUT2D eigenvalue weighted by Crippen LogP contribution is -2.49. The normalized spacial score (nSPS) is 13.6. The summed E-state index contributed by atoms with van der Waals surface area (Å²) in [4.78, 5) is 41.8. The fraction of sp³-hybridized carbons (Fsp3) is 0.370. The maximum Gasteiger partial charge on any atom is 0.410 e. The Morgan fingerprint density at radius 3 is 2.42 bits per heavy atom. The lowest BCUT2D eigenvalue weighted by molar-refractivity contribution is -0.115. The fourth-order valence-corrected chi connectivity index (χ4v) is 4.17. The topological polar surface area (TPSA) is 101 Å². The first-order valence-corrected chi connectivity index (χ1v) is 12.1. The van der Waals surface area contributed by atoms with Crippen molar-refractivity contribution in [2.24, 2.45) is 0 Å². The first-order chi connectivity index (χ1) is 17.3. The van der Waals surface area contributed by atoms with E-state index in [2.05, 4.69) is 25.2 Å². The number of nitrogens with one attached hydrogen (secondary N) is 1. The van der Waals surface area contributed by atoms with Crippen LogP contribution in [0.3, 0.4) is 0 Å². The molecule has 36 heavy (non-hydrogen) atoms. The van der Waals surface area contributed by atoms with Gasteiger partial charge in [-0.25, -0.2) is 9.78 Å². The molecule has 188 valence electrons. The molecule has 0 spiro atoms. The summed E-state index contributed by atoms with van der Waals surface area (Å²) in [6, 6.07) is 9.65. The number of piperazine rings is 1. The molecule has 3 aromatic heterocycles. The van der Waals surface area contributed by atoms with E-state index < -0.39 is 0 Å². The highest BCUT2D eigenvalue weighted by molar-refractivity contribution is 5.91. The molecule has 0 aliphatic carbocycles. The van der Waals surface area contributed by atoms with Gasteiger partial charge in [-0.05, 0) is 63.1 Å². The Bertz CT molecular complexity index is 1220. The molecule has 4 heterocycles. The second-order valence-electron chi connectivity index (χ2n) is 9.23. The van der Waals surface area contributed by atoms with Gasteiger partial charge in [0.2, 0.25) is 5.91 Å². The summed E-state index contributed by atoms with van der Waals surface area (Å²) in [6.45, 7) is 10.2. The number of rotatable bonds is 6. The van der Waals surface area contributed by atoms with Crippen molar-refractivity contribution in [1.82, 2.24) is 19.9 Å². The van der Waals surface area contributed by atoms with Crippen molar-refractivity contribution in [3.8, 4) is 11.3 Å². The smallest absolute Gasteiger partial charge is 0.410 e. The van der Waals surface area contributed by atoms with Crippen LogP contribution in [-0.4, -0.2) is 64.1 Å². The van der Waals surface area contributed by atoms with Gasteiger partial charge in [-0.15, -0.1) is 0 Å². The van der Waals surface area contributed by atoms with E-state index in [1.54, 1.807) is 29.6 Å². The molecular formula is C27H32N6O3. The number of hydrogen-bond donors (Lipinski definition) is 1. The van der Waals surface area contributed by atoms with Crippen LogP contribution in [0.4, 0.5) is 16.3 Å². The highest BCUT2D eigenvalue weighted by Gasteiger charge is 2.23. The first kappa shape index (κ1) is 25.1. The number of nitrogens with zero attached hydrogens (tertiary/aromatic N) is 5. The average molecular weight is 489 g/mol. The van der Waals surface area contributed by atoms with Gasteiger partial charge in [-0.2, -0.15) is 0 Å². The summed E-state index contributed by atoms with van der Waals surface area (Å²) >= 11 is 0. The maximum atomic E-state index is 12.6. The van der Waals surface area contributed by atoms with E-state index in [1.165, 1.54) is 0 Å². The molecule has 0 unspecified atom stereocenters. The zero-order chi connectivity index (χ0) is 25.7. The maximum absolute atomic E-state index is 12.6.